The van der Waals surface area contributed by atoms with E-state index in [9.17, 15) is 4.39 Å². The Balaban J connectivity index is 1.39. The minimum atomic E-state index is -0.191. The van der Waals surface area contributed by atoms with Crippen molar-refractivity contribution in [2.24, 2.45) is 0 Å². The summed E-state index contributed by atoms with van der Waals surface area (Å²) in [5.41, 5.74) is 4.84. The van der Waals surface area contributed by atoms with Crippen LogP contribution in [-0.2, 0) is 12.8 Å². The van der Waals surface area contributed by atoms with E-state index in [1.165, 1.54) is 41.8 Å². The van der Waals surface area contributed by atoms with Crippen LogP contribution >= 0.6 is 0 Å². The van der Waals surface area contributed by atoms with Crippen molar-refractivity contribution in [3.05, 3.63) is 101 Å². The van der Waals surface area contributed by atoms with Crippen molar-refractivity contribution in [3.8, 4) is 0 Å². The molecule has 0 N–H and O–H groups in total. The topological polar surface area (TPSA) is 16.1 Å². The van der Waals surface area contributed by atoms with E-state index in [-0.39, 0.29) is 5.82 Å². The summed E-state index contributed by atoms with van der Waals surface area (Å²) >= 11 is 0. The van der Waals surface area contributed by atoms with Crippen LogP contribution in [-0.4, -0.2) is 23.0 Å². The minimum Gasteiger partial charge on any atom is -0.294 e. The minimum absolute atomic E-state index is 0.191. The van der Waals surface area contributed by atoms with E-state index in [2.05, 4.69) is 47.4 Å². The maximum Gasteiger partial charge on any atom is 0.123 e. The Hall–Kier alpha value is -2.52. The number of halogens is 1. The fraction of sp³-hybridized carbons (Fsp3) is 0.292. The first-order chi connectivity index (χ1) is 13.3. The summed E-state index contributed by atoms with van der Waals surface area (Å²) in [7, 11) is 0. The molecule has 27 heavy (non-hydrogen) atoms. The van der Waals surface area contributed by atoms with Gasteiger partial charge in [0.05, 0.1) is 11.7 Å². The fourth-order valence-electron chi connectivity index (χ4n) is 3.92. The van der Waals surface area contributed by atoms with Gasteiger partial charge in [0.25, 0.3) is 0 Å². The molecule has 138 valence electrons. The highest BCUT2D eigenvalue weighted by molar-refractivity contribution is 5.26. The molecule has 1 fully saturated rings. The lowest BCUT2D eigenvalue weighted by atomic mass is 10.0. The lowest BCUT2D eigenvalue weighted by Crippen LogP contribution is -2.26. The molecule has 0 aliphatic carbocycles. The molecule has 0 bridgehead atoms. The molecule has 3 heteroatoms. The first-order valence-electron chi connectivity index (χ1n) is 9.75. The number of pyridine rings is 1. The van der Waals surface area contributed by atoms with Crippen molar-refractivity contribution in [1.82, 2.24) is 9.88 Å². The summed E-state index contributed by atoms with van der Waals surface area (Å²) < 4.78 is 13.0. The first-order valence-corrected chi connectivity index (χ1v) is 9.75. The van der Waals surface area contributed by atoms with Gasteiger partial charge in [0, 0.05) is 12.7 Å². The van der Waals surface area contributed by atoms with Gasteiger partial charge in [0.1, 0.15) is 5.82 Å². The molecule has 0 amide bonds. The Morgan fingerprint density at radius 2 is 1.67 bits per heavy atom. The monoisotopic (exact) mass is 360 g/mol. The zero-order chi connectivity index (χ0) is 18.5. The van der Waals surface area contributed by atoms with Gasteiger partial charge in [-0.2, -0.15) is 0 Å². The van der Waals surface area contributed by atoms with Gasteiger partial charge in [-0.1, -0.05) is 48.5 Å². The molecule has 4 rings (SSSR count). The van der Waals surface area contributed by atoms with Gasteiger partial charge in [-0.05, 0) is 67.1 Å². The first kappa shape index (κ1) is 17.9. The Morgan fingerprint density at radius 1 is 0.889 bits per heavy atom. The molecule has 0 unspecified atom stereocenters. The lowest BCUT2D eigenvalue weighted by Gasteiger charge is -2.24. The van der Waals surface area contributed by atoms with E-state index in [1.807, 2.05) is 18.3 Å². The van der Waals surface area contributed by atoms with Crippen LogP contribution in [0.1, 0.15) is 41.3 Å². The van der Waals surface area contributed by atoms with Crippen molar-refractivity contribution in [3.63, 3.8) is 0 Å². The van der Waals surface area contributed by atoms with Crippen LogP contribution < -0.4 is 0 Å². The van der Waals surface area contributed by atoms with Crippen molar-refractivity contribution in [2.45, 2.75) is 31.7 Å². The molecule has 0 radical (unpaired) electrons. The Bertz CT molecular complexity index is 844. The van der Waals surface area contributed by atoms with Gasteiger partial charge in [-0.15, -0.1) is 0 Å². The Morgan fingerprint density at radius 3 is 2.41 bits per heavy atom. The predicted octanol–water partition coefficient (Wildman–Crippen LogP) is 5.19. The van der Waals surface area contributed by atoms with E-state index in [0.29, 0.717) is 6.04 Å². The van der Waals surface area contributed by atoms with Crippen molar-refractivity contribution >= 4 is 0 Å². The molecular formula is C24H25FN2. The molecule has 1 atom stereocenters. The second kappa shape index (κ2) is 8.45. The van der Waals surface area contributed by atoms with Crippen molar-refractivity contribution in [2.75, 3.05) is 13.1 Å². The van der Waals surface area contributed by atoms with Crippen LogP contribution in [0.2, 0.25) is 0 Å². The van der Waals surface area contributed by atoms with E-state index in [4.69, 9.17) is 4.98 Å². The number of rotatable bonds is 6. The van der Waals surface area contributed by atoms with Gasteiger partial charge in [0.15, 0.2) is 0 Å². The van der Waals surface area contributed by atoms with E-state index in [0.717, 1.165) is 31.5 Å². The van der Waals surface area contributed by atoms with Gasteiger partial charge in [0.2, 0.25) is 0 Å². The number of aromatic nitrogens is 1. The highest BCUT2D eigenvalue weighted by Crippen LogP contribution is 2.31. The predicted molar refractivity (Wildman–Crippen MR) is 107 cm³/mol. The van der Waals surface area contributed by atoms with Gasteiger partial charge in [-0.3, -0.25) is 9.88 Å². The quantitative estimate of drug-likeness (QED) is 0.601. The molecule has 0 saturated carbocycles. The molecule has 0 spiro atoms. The van der Waals surface area contributed by atoms with Gasteiger partial charge >= 0.3 is 0 Å². The standard InChI is InChI=1S/C24H25FN2/c25-22-11-8-20(9-12-22)17-21-10-13-23(26-18-21)24-7-4-15-27(24)16-14-19-5-2-1-3-6-19/h1-3,5-6,8-13,18,24H,4,7,14-17H2/t24-/m1/s1. The second-order valence-electron chi connectivity index (χ2n) is 7.32. The molecule has 1 aliphatic rings. The van der Waals surface area contributed by atoms with Crippen molar-refractivity contribution in [1.29, 1.82) is 0 Å². The average Bonchev–Trinajstić information content (AvgIpc) is 3.18. The summed E-state index contributed by atoms with van der Waals surface area (Å²) in [6.07, 6.45) is 6.26. The zero-order valence-corrected chi connectivity index (χ0v) is 15.5. The van der Waals surface area contributed by atoms with Crippen molar-refractivity contribution < 1.29 is 4.39 Å². The summed E-state index contributed by atoms with van der Waals surface area (Å²) in [6.45, 7) is 2.23. The summed E-state index contributed by atoms with van der Waals surface area (Å²) in [5, 5.41) is 0. The van der Waals surface area contributed by atoms with Crippen LogP contribution in [0.5, 0.6) is 0 Å². The smallest absolute Gasteiger partial charge is 0.123 e. The summed E-state index contributed by atoms with van der Waals surface area (Å²) in [4.78, 5) is 7.33. The number of benzene rings is 2. The number of likely N-dealkylation sites (tertiary alicyclic amines) is 1. The molecule has 1 saturated heterocycles. The molecule has 3 aromatic rings. The molecular weight excluding hydrogens is 335 g/mol. The van der Waals surface area contributed by atoms with Crippen LogP contribution in [0.25, 0.3) is 0 Å². The molecule has 1 aromatic heterocycles. The van der Waals surface area contributed by atoms with Crippen LogP contribution in [0.15, 0.2) is 72.9 Å². The van der Waals surface area contributed by atoms with E-state index < -0.39 is 0 Å². The summed E-state index contributed by atoms with van der Waals surface area (Å²) in [6, 6.07) is 22.2. The fourth-order valence-corrected chi connectivity index (χ4v) is 3.92. The maximum absolute atomic E-state index is 13.0. The van der Waals surface area contributed by atoms with Gasteiger partial charge < -0.3 is 0 Å². The molecule has 2 aromatic carbocycles. The number of nitrogens with zero attached hydrogens (tertiary/aromatic N) is 2. The Kier molecular flexibility index (Phi) is 5.59. The van der Waals surface area contributed by atoms with Crippen LogP contribution in [0, 0.1) is 5.82 Å². The third kappa shape index (κ3) is 4.61. The van der Waals surface area contributed by atoms with Gasteiger partial charge in [-0.25, -0.2) is 4.39 Å². The van der Waals surface area contributed by atoms with Crippen LogP contribution in [0.3, 0.4) is 0 Å². The zero-order valence-electron chi connectivity index (χ0n) is 15.5. The third-order valence-electron chi connectivity index (χ3n) is 5.40. The largest absolute Gasteiger partial charge is 0.294 e. The number of hydrogen-bond acceptors (Lipinski definition) is 2. The SMILES string of the molecule is Fc1ccc(Cc2ccc([C@H]3CCCN3CCc3ccccc3)nc2)cc1. The maximum atomic E-state index is 13.0. The highest BCUT2D eigenvalue weighted by atomic mass is 19.1. The van der Waals surface area contributed by atoms with E-state index in [1.54, 1.807) is 0 Å². The van der Waals surface area contributed by atoms with Crippen LogP contribution in [0.4, 0.5) is 4.39 Å². The Labute approximate surface area is 160 Å². The second-order valence-corrected chi connectivity index (χ2v) is 7.32. The summed E-state index contributed by atoms with van der Waals surface area (Å²) in [5.74, 6) is -0.191. The number of hydrogen-bond donors (Lipinski definition) is 0. The lowest BCUT2D eigenvalue weighted by molar-refractivity contribution is 0.256. The molecule has 1 aliphatic heterocycles. The molecule has 2 heterocycles. The highest BCUT2D eigenvalue weighted by Gasteiger charge is 2.26. The van der Waals surface area contributed by atoms with E-state index >= 15 is 0 Å². The molecule has 2 nitrogen and oxygen atoms in total. The third-order valence-corrected chi connectivity index (χ3v) is 5.40. The normalized spacial score (nSPS) is 17.3. The average molecular weight is 360 g/mol.